The zero-order valence-electron chi connectivity index (χ0n) is 10.0. The molecule has 0 saturated carbocycles. The quantitative estimate of drug-likeness (QED) is 0.648. The van der Waals surface area contributed by atoms with Crippen LogP contribution in [0.3, 0.4) is 0 Å². The van der Waals surface area contributed by atoms with E-state index in [1.165, 1.54) is 0 Å². The predicted molar refractivity (Wildman–Crippen MR) is 63.5 cm³/mol. The largest absolute Gasteiger partial charge is 0.494 e. The van der Waals surface area contributed by atoms with Crippen LogP contribution in [-0.2, 0) is 17.8 Å². The summed E-state index contributed by atoms with van der Waals surface area (Å²) in [5.41, 5.74) is -1.04. The highest BCUT2D eigenvalue weighted by Crippen LogP contribution is 2.14. The van der Waals surface area contributed by atoms with Crippen molar-refractivity contribution in [2.24, 2.45) is 0 Å². The van der Waals surface area contributed by atoms with Crippen LogP contribution in [0.4, 0.5) is 0 Å². The van der Waals surface area contributed by atoms with Crippen molar-refractivity contribution in [3.63, 3.8) is 0 Å². The number of aromatic hydroxyl groups is 1. The van der Waals surface area contributed by atoms with Crippen LogP contribution in [0.15, 0.2) is 9.59 Å². The highest BCUT2D eigenvalue weighted by Gasteiger charge is 2.23. The monoisotopic (exact) mass is 253 g/mol. The maximum Gasteiger partial charge on any atom is 0.331 e. The number of hydrogen-bond donors (Lipinski definition) is 3. The fourth-order valence-corrected chi connectivity index (χ4v) is 2.12. The van der Waals surface area contributed by atoms with Gasteiger partial charge in [0, 0.05) is 12.5 Å². The number of aromatic nitrogens is 2. The summed E-state index contributed by atoms with van der Waals surface area (Å²) < 4.78 is 1.09. The van der Waals surface area contributed by atoms with Crippen LogP contribution in [0.2, 0.25) is 0 Å². The molecule has 1 aliphatic rings. The SMILES string of the molecule is CCc1c(O)n(CC2CCC(=O)N2)c(=O)[nH]c1=O. The van der Waals surface area contributed by atoms with Gasteiger partial charge < -0.3 is 10.4 Å². The molecule has 0 bridgehead atoms. The Balaban J connectivity index is 2.36. The van der Waals surface area contributed by atoms with Crippen LogP contribution >= 0.6 is 0 Å². The molecule has 7 nitrogen and oxygen atoms in total. The number of H-pyrrole nitrogens is 1. The van der Waals surface area contributed by atoms with E-state index in [1.807, 2.05) is 0 Å². The Morgan fingerprint density at radius 2 is 2.11 bits per heavy atom. The van der Waals surface area contributed by atoms with Crippen molar-refractivity contribution in [3.05, 3.63) is 26.4 Å². The van der Waals surface area contributed by atoms with E-state index in [-0.39, 0.29) is 29.9 Å². The maximum atomic E-state index is 11.6. The Labute approximate surface area is 102 Å². The zero-order chi connectivity index (χ0) is 13.3. The predicted octanol–water partition coefficient (Wildman–Crippen LogP) is -0.917. The minimum absolute atomic E-state index is 0.0623. The summed E-state index contributed by atoms with van der Waals surface area (Å²) in [5, 5.41) is 12.6. The van der Waals surface area contributed by atoms with Crippen LogP contribution in [0, 0.1) is 0 Å². The number of carbonyl (C=O) groups excluding carboxylic acids is 1. The van der Waals surface area contributed by atoms with Gasteiger partial charge in [0.25, 0.3) is 5.56 Å². The van der Waals surface area contributed by atoms with E-state index in [0.717, 1.165) is 4.57 Å². The number of rotatable bonds is 3. The number of aromatic amines is 1. The number of amides is 1. The molecule has 1 atom stereocenters. The zero-order valence-corrected chi connectivity index (χ0v) is 10.0. The van der Waals surface area contributed by atoms with Gasteiger partial charge in [0.15, 0.2) is 0 Å². The molecular weight excluding hydrogens is 238 g/mol. The molecule has 1 aliphatic heterocycles. The van der Waals surface area contributed by atoms with Gasteiger partial charge in [0.05, 0.1) is 12.1 Å². The standard InChI is InChI=1S/C11H15N3O4/c1-2-7-9(16)13-11(18)14(10(7)17)5-6-3-4-8(15)12-6/h6,17H,2-5H2,1H3,(H,12,15)(H,13,16,18). The summed E-state index contributed by atoms with van der Waals surface area (Å²) >= 11 is 0. The third kappa shape index (κ3) is 2.15. The Morgan fingerprint density at radius 3 is 2.67 bits per heavy atom. The van der Waals surface area contributed by atoms with Crippen LogP contribution < -0.4 is 16.6 Å². The molecule has 1 aromatic heterocycles. The van der Waals surface area contributed by atoms with Gasteiger partial charge in [-0.1, -0.05) is 6.92 Å². The lowest BCUT2D eigenvalue weighted by atomic mass is 10.2. The second-order valence-electron chi connectivity index (χ2n) is 4.33. The molecule has 98 valence electrons. The first-order chi connectivity index (χ1) is 8.52. The van der Waals surface area contributed by atoms with Gasteiger partial charge in [-0.25, -0.2) is 4.79 Å². The summed E-state index contributed by atoms with van der Waals surface area (Å²) in [6.07, 6.45) is 1.37. The highest BCUT2D eigenvalue weighted by molar-refractivity contribution is 5.78. The summed E-state index contributed by atoms with van der Waals surface area (Å²) in [4.78, 5) is 36.3. The van der Waals surface area contributed by atoms with Gasteiger partial charge in [-0.3, -0.25) is 19.1 Å². The lowest BCUT2D eigenvalue weighted by Crippen LogP contribution is -2.38. The molecular formula is C11H15N3O4. The average molecular weight is 253 g/mol. The van der Waals surface area contributed by atoms with E-state index in [2.05, 4.69) is 10.3 Å². The number of hydrogen-bond acceptors (Lipinski definition) is 4. The van der Waals surface area contributed by atoms with Crippen LogP contribution in [0.1, 0.15) is 25.3 Å². The van der Waals surface area contributed by atoms with Crippen molar-refractivity contribution < 1.29 is 9.90 Å². The van der Waals surface area contributed by atoms with Crippen molar-refractivity contribution in [2.75, 3.05) is 0 Å². The first kappa shape index (κ1) is 12.4. The Hall–Kier alpha value is -2.05. The fraction of sp³-hybridized carbons (Fsp3) is 0.545. The molecule has 3 N–H and O–H groups in total. The van der Waals surface area contributed by atoms with Gasteiger partial charge in [0.2, 0.25) is 11.8 Å². The minimum Gasteiger partial charge on any atom is -0.494 e. The Morgan fingerprint density at radius 1 is 1.39 bits per heavy atom. The summed E-state index contributed by atoms with van der Waals surface area (Å²) in [6.45, 7) is 1.89. The third-order valence-electron chi connectivity index (χ3n) is 3.11. The summed E-state index contributed by atoms with van der Waals surface area (Å²) in [5.74, 6) is -0.375. The molecule has 1 fully saturated rings. The van der Waals surface area contributed by atoms with Gasteiger partial charge in [-0.05, 0) is 12.8 Å². The molecule has 0 aromatic carbocycles. The van der Waals surface area contributed by atoms with E-state index in [9.17, 15) is 19.5 Å². The molecule has 0 radical (unpaired) electrons. The molecule has 2 rings (SSSR count). The van der Waals surface area contributed by atoms with Crippen molar-refractivity contribution in [1.29, 1.82) is 0 Å². The summed E-state index contributed by atoms with van der Waals surface area (Å²) in [6, 6.07) is -0.184. The smallest absolute Gasteiger partial charge is 0.331 e. The van der Waals surface area contributed by atoms with Crippen molar-refractivity contribution >= 4 is 5.91 Å². The second kappa shape index (κ2) is 4.67. The number of nitrogens with one attached hydrogen (secondary N) is 2. The average Bonchev–Trinajstić information content (AvgIpc) is 2.70. The van der Waals surface area contributed by atoms with E-state index in [1.54, 1.807) is 6.92 Å². The molecule has 2 heterocycles. The van der Waals surface area contributed by atoms with Gasteiger partial charge in [0.1, 0.15) is 0 Å². The third-order valence-corrected chi connectivity index (χ3v) is 3.11. The summed E-state index contributed by atoms with van der Waals surface area (Å²) in [7, 11) is 0. The minimum atomic E-state index is -0.657. The molecule has 0 spiro atoms. The maximum absolute atomic E-state index is 11.6. The van der Waals surface area contributed by atoms with E-state index >= 15 is 0 Å². The molecule has 0 aliphatic carbocycles. The second-order valence-corrected chi connectivity index (χ2v) is 4.33. The van der Waals surface area contributed by atoms with Gasteiger partial charge in [-0.15, -0.1) is 0 Å². The van der Waals surface area contributed by atoms with E-state index < -0.39 is 11.2 Å². The topological polar surface area (TPSA) is 104 Å². The first-order valence-corrected chi connectivity index (χ1v) is 5.87. The normalized spacial score (nSPS) is 18.9. The van der Waals surface area contributed by atoms with E-state index in [4.69, 9.17) is 0 Å². The van der Waals surface area contributed by atoms with Gasteiger partial charge >= 0.3 is 5.69 Å². The highest BCUT2D eigenvalue weighted by atomic mass is 16.3. The Kier molecular flexibility index (Phi) is 3.22. The number of carbonyl (C=O) groups is 1. The van der Waals surface area contributed by atoms with Crippen LogP contribution in [0.5, 0.6) is 5.88 Å². The van der Waals surface area contributed by atoms with Crippen LogP contribution in [-0.4, -0.2) is 26.6 Å². The molecule has 1 amide bonds. The fourth-order valence-electron chi connectivity index (χ4n) is 2.12. The first-order valence-electron chi connectivity index (χ1n) is 5.87. The molecule has 1 unspecified atom stereocenters. The lowest BCUT2D eigenvalue weighted by molar-refractivity contribution is -0.119. The lowest BCUT2D eigenvalue weighted by Gasteiger charge is -2.14. The molecule has 7 heteroatoms. The number of nitrogens with zero attached hydrogens (tertiary/aromatic N) is 1. The van der Waals surface area contributed by atoms with Crippen molar-refractivity contribution in [2.45, 2.75) is 38.8 Å². The van der Waals surface area contributed by atoms with Gasteiger partial charge in [-0.2, -0.15) is 0 Å². The van der Waals surface area contributed by atoms with E-state index in [0.29, 0.717) is 19.3 Å². The van der Waals surface area contributed by atoms with Crippen molar-refractivity contribution in [3.8, 4) is 5.88 Å². The molecule has 1 aromatic rings. The van der Waals surface area contributed by atoms with Crippen LogP contribution in [0.25, 0.3) is 0 Å². The van der Waals surface area contributed by atoms with Crippen molar-refractivity contribution in [1.82, 2.24) is 14.9 Å². The Bertz CT molecular complexity index is 587. The molecule has 1 saturated heterocycles. The molecule has 18 heavy (non-hydrogen) atoms.